The molecule has 1 aliphatic heterocycles. The summed E-state index contributed by atoms with van der Waals surface area (Å²) in [5.74, 6) is 0.203. The molecule has 18 heavy (non-hydrogen) atoms. The van der Waals surface area contributed by atoms with Gasteiger partial charge >= 0.3 is 0 Å². The van der Waals surface area contributed by atoms with Crippen LogP contribution in [0.1, 0.15) is 30.1 Å². The summed E-state index contributed by atoms with van der Waals surface area (Å²) in [6, 6.07) is 7.37. The van der Waals surface area contributed by atoms with Gasteiger partial charge in [0, 0.05) is 23.5 Å². The topological polar surface area (TPSA) is 37.4 Å². The van der Waals surface area contributed by atoms with E-state index in [0.717, 1.165) is 37.1 Å². The van der Waals surface area contributed by atoms with Crippen molar-refractivity contribution in [3.63, 3.8) is 0 Å². The lowest BCUT2D eigenvalue weighted by molar-refractivity contribution is -0.129. The summed E-state index contributed by atoms with van der Waals surface area (Å²) in [6.45, 7) is 3.70. The van der Waals surface area contributed by atoms with Crippen molar-refractivity contribution in [2.45, 2.75) is 29.9 Å². The van der Waals surface area contributed by atoms with E-state index in [1.54, 1.807) is 6.07 Å². The Morgan fingerprint density at radius 3 is 2.78 bits per heavy atom. The van der Waals surface area contributed by atoms with E-state index in [9.17, 15) is 9.59 Å². The summed E-state index contributed by atoms with van der Waals surface area (Å²) >= 11 is 1.52. The van der Waals surface area contributed by atoms with Crippen LogP contribution in [0.2, 0.25) is 0 Å². The third-order valence-electron chi connectivity index (χ3n) is 3.07. The van der Waals surface area contributed by atoms with Crippen LogP contribution in [0.3, 0.4) is 0 Å². The van der Waals surface area contributed by atoms with Gasteiger partial charge in [-0.2, -0.15) is 0 Å². The Kier molecular flexibility index (Phi) is 4.42. The van der Waals surface area contributed by atoms with E-state index in [4.69, 9.17) is 0 Å². The van der Waals surface area contributed by atoms with Gasteiger partial charge < -0.3 is 4.90 Å². The lowest BCUT2D eigenvalue weighted by Gasteiger charge is -2.19. The van der Waals surface area contributed by atoms with Gasteiger partial charge in [-0.05, 0) is 31.9 Å². The molecule has 1 amide bonds. The Morgan fingerprint density at radius 1 is 1.39 bits per heavy atom. The van der Waals surface area contributed by atoms with Gasteiger partial charge in [-0.1, -0.05) is 12.1 Å². The number of rotatable bonds is 4. The Balaban J connectivity index is 1.99. The van der Waals surface area contributed by atoms with Crippen molar-refractivity contribution >= 4 is 24.0 Å². The van der Waals surface area contributed by atoms with Crippen molar-refractivity contribution in [3.8, 4) is 0 Å². The molecule has 1 atom stereocenters. The number of aldehydes is 1. The van der Waals surface area contributed by atoms with E-state index in [2.05, 4.69) is 0 Å². The van der Waals surface area contributed by atoms with Gasteiger partial charge in [0.15, 0.2) is 0 Å². The minimum Gasteiger partial charge on any atom is -0.342 e. The predicted octanol–water partition coefficient (Wildman–Crippen LogP) is 2.60. The second kappa shape index (κ2) is 6.05. The van der Waals surface area contributed by atoms with E-state index in [1.165, 1.54) is 11.8 Å². The highest BCUT2D eigenvalue weighted by Gasteiger charge is 2.23. The monoisotopic (exact) mass is 263 g/mol. The van der Waals surface area contributed by atoms with Crippen molar-refractivity contribution in [1.29, 1.82) is 0 Å². The van der Waals surface area contributed by atoms with Gasteiger partial charge in [-0.3, -0.25) is 9.59 Å². The number of carbonyl (C=O) groups is 2. The van der Waals surface area contributed by atoms with Gasteiger partial charge in [0.1, 0.15) is 6.29 Å². The summed E-state index contributed by atoms with van der Waals surface area (Å²) < 4.78 is 0. The normalized spacial score (nSPS) is 16.6. The van der Waals surface area contributed by atoms with Crippen LogP contribution in [0.15, 0.2) is 29.2 Å². The smallest absolute Gasteiger partial charge is 0.235 e. The Hall–Kier alpha value is -1.29. The zero-order valence-electron chi connectivity index (χ0n) is 10.5. The van der Waals surface area contributed by atoms with E-state index < -0.39 is 0 Å². The fraction of sp³-hybridized carbons (Fsp3) is 0.429. The average molecular weight is 263 g/mol. The number of hydrogen-bond donors (Lipinski definition) is 0. The van der Waals surface area contributed by atoms with Crippen LogP contribution in [0.25, 0.3) is 0 Å². The summed E-state index contributed by atoms with van der Waals surface area (Å²) in [7, 11) is 0. The second-order valence-electron chi connectivity index (χ2n) is 4.48. The first-order valence-corrected chi connectivity index (χ1v) is 7.09. The highest BCUT2D eigenvalue weighted by molar-refractivity contribution is 8.00. The maximum Gasteiger partial charge on any atom is 0.235 e. The third-order valence-corrected chi connectivity index (χ3v) is 4.15. The van der Waals surface area contributed by atoms with Crippen molar-refractivity contribution < 1.29 is 9.59 Å². The summed E-state index contributed by atoms with van der Waals surface area (Å²) in [5, 5.41) is -0.0926. The third kappa shape index (κ3) is 3.13. The Labute approximate surface area is 112 Å². The minimum absolute atomic E-state index is 0.0926. The van der Waals surface area contributed by atoms with Gasteiger partial charge in [0.25, 0.3) is 0 Å². The molecule has 1 fully saturated rings. The molecular formula is C14H17NO2S. The van der Waals surface area contributed by atoms with E-state index in [0.29, 0.717) is 5.56 Å². The van der Waals surface area contributed by atoms with Crippen LogP contribution in [-0.4, -0.2) is 35.4 Å². The number of amides is 1. The molecule has 0 spiro atoms. The van der Waals surface area contributed by atoms with Crippen molar-refractivity contribution in [2.24, 2.45) is 0 Å². The van der Waals surface area contributed by atoms with E-state index in [1.807, 2.05) is 30.0 Å². The Morgan fingerprint density at radius 2 is 2.11 bits per heavy atom. The lowest BCUT2D eigenvalue weighted by Crippen LogP contribution is -2.33. The van der Waals surface area contributed by atoms with Crippen LogP contribution >= 0.6 is 11.8 Å². The molecule has 1 aromatic rings. The molecule has 0 saturated carbocycles. The number of thioether (sulfide) groups is 1. The highest BCUT2D eigenvalue weighted by Crippen LogP contribution is 2.26. The standard InChI is InChI=1S/C14H17NO2S/c1-11(14(17)15-7-2-3-8-15)18-13-6-4-5-12(9-13)10-16/h4-6,9-11H,2-3,7-8H2,1H3. The largest absolute Gasteiger partial charge is 0.342 e. The van der Waals surface area contributed by atoms with Crippen LogP contribution in [0.4, 0.5) is 0 Å². The number of carbonyl (C=O) groups excluding carboxylic acids is 2. The quantitative estimate of drug-likeness (QED) is 0.619. The van der Waals surface area contributed by atoms with Gasteiger partial charge in [0.2, 0.25) is 5.91 Å². The minimum atomic E-state index is -0.0926. The zero-order chi connectivity index (χ0) is 13.0. The molecule has 0 aliphatic carbocycles. The molecular weight excluding hydrogens is 246 g/mol. The number of likely N-dealkylation sites (tertiary alicyclic amines) is 1. The molecule has 2 rings (SSSR count). The summed E-state index contributed by atoms with van der Waals surface area (Å²) in [5.41, 5.74) is 0.654. The molecule has 1 aromatic carbocycles. The van der Waals surface area contributed by atoms with E-state index in [-0.39, 0.29) is 11.2 Å². The molecule has 1 aliphatic rings. The fourth-order valence-corrected chi connectivity index (χ4v) is 3.13. The molecule has 1 saturated heterocycles. The van der Waals surface area contributed by atoms with Crippen molar-refractivity contribution in [3.05, 3.63) is 29.8 Å². The molecule has 1 heterocycles. The van der Waals surface area contributed by atoms with Gasteiger partial charge in [0.05, 0.1) is 5.25 Å². The zero-order valence-corrected chi connectivity index (χ0v) is 11.3. The molecule has 1 unspecified atom stereocenters. The lowest BCUT2D eigenvalue weighted by atomic mass is 10.2. The first-order chi connectivity index (χ1) is 8.70. The van der Waals surface area contributed by atoms with Crippen LogP contribution in [0, 0.1) is 0 Å². The van der Waals surface area contributed by atoms with Crippen LogP contribution in [-0.2, 0) is 4.79 Å². The van der Waals surface area contributed by atoms with E-state index >= 15 is 0 Å². The van der Waals surface area contributed by atoms with Gasteiger partial charge in [-0.25, -0.2) is 0 Å². The molecule has 0 bridgehead atoms. The summed E-state index contributed by atoms with van der Waals surface area (Å²) in [6.07, 6.45) is 3.06. The number of benzene rings is 1. The number of hydrogen-bond acceptors (Lipinski definition) is 3. The molecule has 96 valence electrons. The van der Waals surface area contributed by atoms with Crippen LogP contribution in [0.5, 0.6) is 0 Å². The van der Waals surface area contributed by atoms with Crippen molar-refractivity contribution in [2.75, 3.05) is 13.1 Å². The molecule has 0 radical (unpaired) electrons. The molecule has 4 heteroatoms. The second-order valence-corrected chi connectivity index (χ2v) is 5.90. The SMILES string of the molecule is CC(Sc1cccc(C=O)c1)C(=O)N1CCCC1. The van der Waals surface area contributed by atoms with Gasteiger partial charge in [-0.15, -0.1) is 11.8 Å². The maximum absolute atomic E-state index is 12.1. The predicted molar refractivity (Wildman–Crippen MR) is 73.0 cm³/mol. The number of nitrogens with zero attached hydrogens (tertiary/aromatic N) is 1. The molecule has 0 aromatic heterocycles. The molecule has 3 nitrogen and oxygen atoms in total. The first-order valence-electron chi connectivity index (χ1n) is 6.21. The molecule has 0 N–H and O–H groups in total. The fourth-order valence-electron chi connectivity index (χ4n) is 2.11. The average Bonchev–Trinajstić information content (AvgIpc) is 2.92. The van der Waals surface area contributed by atoms with Crippen molar-refractivity contribution in [1.82, 2.24) is 4.90 Å². The maximum atomic E-state index is 12.1. The summed E-state index contributed by atoms with van der Waals surface area (Å²) in [4.78, 5) is 25.7. The van der Waals surface area contributed by atoms with Crippen LogP contribution < -0.4 is 0 Å². The Bertz CT molecular complexity index is 441. The first kappa shape index (κ1) is 13.1. The highest BCUT2D eigenvalue weighted by atomic mass is 32.2.